The average Bonchev–Trinajstić information content (AvgIpc) is 3.12. The summed E-state index contributed by atoms with van der Waals surface area (Å²) in [4.78, 5) is 52.3. The summed E-state index contributed by atoms with van der Waals surface area (Å²) >= 11 is 0. The zero-order valence-electron chi connectivity index (χ0n) is 21.5. The van der Waals surface area contributed by atoms with Gasteiger partial charge in [-0.15, -0.1) is 0 Å². The summed E-state index contributed by atoms with van der Waals surface area (Å²) in [6.07, 6.45) is -5.80. The maximum Gasteiger partial charge on any atom is 0.348 e. The van der Waals surface area contributed by atoms with Crippen molar-refractivity contribution >= 4 is 23.7 Å². The smallest absolute Gasteiger partial charge is 0.348 e. The lowest BCUT2D eigenvalue weighted by molar-refractivity contribution is -0.298. The van der Waals surface area contributed by atoms with Crippen molar-refractivity contribution in [3.63, 3.8) is 0 Å². The van der Waals surface area contributed by atoms with Gasteiger partial charge in [-0.25, -0.2) is 14.4 Å². The predicted molar refractivity (Wildman–Crippen MR) is 122 cm³/mol. The van der Waals surface area contributed by atoms with Gasteiger partial charge >= 0.3 is 17.9 Å². The highest BCUT2D eigenvalue weighted by atomic mass is 16.6. The van der Waals surface area contributed by atoms with Gasteiger partial charge in [-0.05, 0) is 37.5 Å². The van der Waals surface area contributed by atoms with E-state index >= 15 is 0 Å². The lowest BCUT2D eigenvalue weighted by atomic mass is 9.37. The van der Waals surface area contributed by atoms with E-state index in [0.29, 0.717) is 5.57 Å². The summed E-state index contributed by atoms with van der Waals surface area (Å²) in [5.74, 6) is -6.12. The fraction of sp³-hybridized carbons (Fsp3) is 0.769. The molecule has 2 aliphatic heterocycles. The van der Waals surface area contributed by atoms with Crippen molar-refractivity contribution in [3.05, 3.63) is 11.6 Å². The molecule has 5 aliphatic rings. The minimum absolute atomic E-state index is 0.0831. The molecule has 0 amide bonds. The Bertz CT molecular complexity index is 1080. The summed E-state index contributed by atoms with van der Waals surface area (Å²) in [6.45, 7) is 6.71. The number of ether oxygens (including phenoxy) is 4. The predicted octanol–water partition coefficient (Wildman–Crippen LogP) is -0.318. The van der Waals surface area contributed by atoms with Gasteiger partial charge < -0.3 is 34.3 Å². The van der Waals surface area contributed by atoms with Crippen LogP contribution < -0.4 is 0 Å². The fourth-order valence-electron chi connectivity index (χ4n) is 8.61. The van der Waals surface area contributed by atoms with Gasteiger partial charge in [0.2, 0.25) is 11.7 Å². The van der Waals surface area contributed by atoms with Crippen molar-refractivity contribution in [3.8, 4) is 0 Å². The van der Waals surface area contributed by atoms with E-state index in [9.17, 15) is 34.5 Å². The number of hydrogen-bond donors (Lipinski definition) is 3. The maximum absolute atomic E-state index is 13.4. The summed E-state index contributed by atoms with van der Waals surface area (Å²) in [6, 6.07) is 0. The third-order valence-electron chi connectivity index (χ3n) is 9.88. The Kier molecular flexibility index (Phi) is 5.91. The number of aliphatic hydroxyl groups excluding tert-OH is 3. The van der Waals surface area contributed by atoms with E-state index in [2.05, 4.69) is 0 Å². The number of rotatable bonds is 3. The fourth-order valence-corrected chi connectivity index (χ4v) is 8.61. The molecule has 2 heterocycles. The molecule has 2 unspecified atom stereocenters. The number of allylic oxidation sites excluding steroid dienone is 1. The molecular weight excluding hydrogens is 488 g/mol. The number of carbonyl (C=O) groups is 4. The highest BCUT2D eigenvalue weighted by molar-refractivity contribution is 5.90. The van der Waals surface area contributed by atoms with E-state index in [1.807, 2.05) is 6.92 Å². The van der Waals surface area contributed by atoms with Crippen molar-refractivity contribution in [2.75, 3.05) is 13.7 Å². The molecule has 0 aromatic rings. The molecule has 5 rings (SSSR count). The van der Waals surface area contributed by atoms with Gasteiger partial charge in [0, 0.05) is 23.8 Å². The molecule has 0 aromatic carbocycles. The number of fused-ring (bicyclic) bond motifs is 2. The maximum atomic E-state index is 13.4. The first-order valence-electron chi connectivity index (χ1n) is 12.6. The number of Topliss-reactive ketones (excluding diaryl/α,β-unsaturated/α-hetero) is 1. The van der Waals surface area contributed by atoms with E-state index < -0.39 is 82.6 Å². The standard InChI is InChI=1S/C26H34O11/c1-10(2)6-15(28)37-18-20-25-9-35-26(20,23(33)34-5)21(31)17(30)19(25)24(4)8-13(27)16(29)11(3)12(24)7-14(25)36-22(18)32/h6,11-12,14,16-21,29-31H,7-9H2,1-5H3/t11-,12-,14+,16+,17+,18+,19?,20?,21-,24-,25+,26+/m0/s1. The highest BCUT2D eigenvalue weighted by Crippen LogP contribution is 2.72. The summed E-state index contributed by atoms with van der Waals surface area (Å²) < 4.78 is 22.5. The molecule has 3 saturated carbocycles. The van der Waals surface area contributed by atoms with Crippen LogP contribution in [0.25, 0.3) is 0 Å². The van der Waals surface area contributed by atoms with Gasteiger partial charge in [0.1, 0.15) is 18.3 Å². The molecule has 11 heteroatoms. The average molecular weight is 523 g/mol. The van der Waals surface area contributed by atoms with Gasteiger partial charge in [-0.1, -0.05) is 19.4 Å². The zero-order chi connectivity index (χ0) is 27.2. The second kappa shape index (κ2) is 8.33. The molecule has 3 N–H and O–H groups in total. The van der Waals surface area contributed by atoms with Crippen molar-refractivity contribution in [2.45, 2.75) is 76.7 Å². The largest absolute Gasteiger partial charge is 0.467 e. The molecule has 5 fully saturated rings. The van der Waals surface area contributed by atoms with Gasteiger partial charge in [0.05, 0.1) is 25.7 Å². The van der Waals surface area contributed by atoms with Crippen LogP contribution in [0, 0.1) is 34.5 Å². The molecule has 2 bridgehead atoms. The molecule has 1 spiro atoms. The molecular formula is C26H34O11. The molecule has 2 saturated heterocycles. The Morgan fingerprint density at radius 3 is 2.43 bits per heavy atom. The first-order valence-corrected chi connectivity index (χ1v) is 12.6. The first kappa shape index (κ1) is 26.3. The summed E-state index contributed by atoms with van der Waals surface area (Å²) in [5.41, 5.74) is -3.81. The van der Waals surface area contributed by atoms with Gasteiger partial charge in [0.15, 0.2) is 5.78 Å². The monoisotopic (exact) mass is 522 g/mol. The molecule has 204 valence electrons. The number of hydrogen-bond acceptors (Lipinski definition) is 11. The van der Waals surface area contributed by atoms with Crippen molar-refractivity contribution in [1.82, 2.24) is 0 Å². The molecule has 11 nitrogen and oxygen atoms in total. The van der Waals surface area contributed by atoms with Crippen LogP contribution in [0.4, 0.5) is 0 Å². The number of carbonyl (C=O) groups excluding carboxylic acids is 4. The van der Waals surface area contributed by atoms with Gasteiger partial charge in [0.25, 0.3) is 0 Å². The molecule has 37 heavy (non-hydrogen) atoms. The number of aliphatic hydroxyl groups is 3. The van der Waals surface area contributed by atoms with E-state index in [1.165, 1.54) is 6.08 Å². The molecule has 3 aliphatic carbocycles. The molecule has 0 aromatic heterocycles. The van der Waals surface area contributed by atoms with Crippen LogP contribution in [0.2, 0.25) is 0 Å². The first-order chi connectivity index (χ1) is 17.3. The summed E-state index contributed by atoms with van der Waals surface area (Å²) in [7, 11) is 1.10. The normalized spacial score (nSPS) is 49.8. The topological polar surface area (TPSA) is 166 Å². The Morgan fingerprint density at radius 2 is 1.81 bits per heavy atom. The van der Waals surface area contributed by atoms with Crippen LogP contribution in [0.3, 0.4) is 0 Å². The van der Waals surface area contributed by atoms with E-state index in [1.54, 1.807) is 20.8 Å². The SMILES string of the molecule is COC(=O)[C@@]12OC[C@@]34C1[C@@H](OC(=O)C=C(C)C)C(=O)O[C@@H]3C[C@H]1[C@H](C)[C@@H](O)C(=O)C[C@]1(C)C4[C@@H](O)[C@@H]2O. The summed E-state index contributed by atoms with van der Waals surface area (Å²) in [5, 5.41) is 33.7. The van der Waals surface area contributed by atoms with Crippen LogP contribution >= 0.6 is 0 Å². The Morgan fingerprint density at radius 1 is 1.14 bits per heavy atom. The van der Waals surface area contributed by atoms with Gasteiger partial charge in [-0.3, -0.25) is 4.79 Å². The highest BCUT2D eigenvalue weighted by Gasteiger charge is 2.85. The second-order valence-electron chi connectivity index (χ2n) is 11.9. The minimum atomic E-state index is -2.20. The van der Waals surface area contributed by atoms with Crippen molar-refractivity contribution < 1.29 is 53.4 Å². The number of ketones is 1. The van der Waals surface area contributed by atoms with Crippen molar-refractivity contribution in [2.24, 2.45) is 34.5 Å². The van der Waals surface area contributed by atoms with Crippen molar-refractivity contribution in [1.29, 1.82) is 0 Å². The minimum Gasteiger partial charge on any atom is -0.467 e. The van der Waals surface area contributed by atoms with Crippen LogP contribution in [0.1, 0.15) is 40.5 Å². The zero-order valence-corrected chi connectivity index (χ0v) is 21.5. The van der Waals surface area contributed by atoms with Crippen LogP contribution in [0.5, 0.6) is 0 Å². The Hall–Kier alpha value is -2.34. The molecule has 12 atom stereocenters. The lowest BCUT2D eigenvalue weighted by Gasteiger charge is -2.68. The second-order valence-corrected chi connectivity index (χ2v) is 11.9. The van der Waals surface area contributed by atoms with E-state index in [0.717, 1.165) is 7.11 Å². The lowest BCUT2D eigenvalue weighted by Crippen LogP contribution is -2.79. The number of esters is 3. The Labute approximate surface area is 214 Å². The quantitative estimate of drug-likeness (QED) is 0.253. The third-order valence-corrected chi connectivity index (χ3v) is 9.88. The Balaban J connectivity index is 1.72. The van der Waals surface area contributed by atoms with Crippen LogP contribution in [0.15, 0.2) is 11.6 Å². The molecule has 0 radical (unpaired) electrons. The van der Waals surface area contributed by atoms with E-state index in [-0.39, 0.29) is 31.1 Å². The van der Waals surface area contributed by atoms with Crippen LogP contribution in [-0.2, 0) is 38.1 Å². The van der Waals surface area contributed by atoms with E-state index in [4.69, 9.17) is 18.9 Å². The third kappa shape index (κ3) is 3.14. The van der Waals surface area contributed by atoms with Crippen LogP contribution in [-0.4, -0.2) is 88.8 Å². The number of methoxy groups -OCH3 is 1. The van der Waals surface area contributed by atoms with Gasteiger partial charge in [-0.2, -0.15) is 0 Å².